The fourth-order valence-electron chi connectivity index (χ4n) is 8.67. The molecular weight excluding hydrogens is 456 g/mol. The van der Waals surface area contributed by atoms with Crippen LogP contribution in [0.15, 0.2) is 23.8 Å². The van der Waals surface area contributed by atoms with Crippen molar-refractivity contribution >= 4 is 23.7 Å². The van der Waals surface area contributed by atoms with Crippen LogP contribution in [0, 0.1) is 28.1 Å². The highest BCUT2D eigenvalue weighted by molar-refractivity contribution is 5.96. The Hall–Kier alpha value is -2.52. The van der Waals surface area contributed by atoms with E-state index in [2.05, 4.69) is 6.92 Å². The number of allylic oxidation sites excluding steroid dienone is 1. The Balaban J connectivity index is 1.51. The maximum absolute atomic E-state index is 14.2. The standard InChI is InChI=1S/C26H30O9/c1-22(2)14-11-15(27)25(5)13(23(14,3)8-7-16(28)34-22)6-9-24(4)18(12-10-17(29)32-20(12)30)33-21(31)19-26(24,25)35-19/h7-8,10,13-14,17-19,29H,6,9,11H2,1-5H3/t13-,14-,17+,18+,19+,23-,24+,25+,26-/m1/s1. The maximum atomic E-state index is 14.2. The topological polar surface area (TPSA) is 129 Å². The van der Waals surface area contributed by atoms with Crippen molar-refractivity contribution in [1.29, 1.82) is 0 Å². The van der Waals surface area contributed by atoms with E-state index in [4.69, 9.17) is 18.9 Å². The van der Waals surface area contributed by atoms with E-state index in [-0.39, 0.29) is 29.6 Å². The molecule has 2 saturated heterocycles. The number of fused-ring (bicyclic) bond motifs is 3. The molecule has 4 fully saturated rings. The van der Waals surface area contributed by atoms with Crippen LogP contribution in [0.2, 0.25) is 0 Å². The van der Waals surface area contributed by atoms with E-state index in [1.807, 2.05) is 33.8 Å². The highest BCUT2D eigenvalue weighted by Crippen LogP contribution is 2.77. The van der Waals surface area contributed by atoms with Crippen LogP contribution in [-0.2, 0) is 38.1 Å². The predicted octanol–water partition coefficient (Wildman–Crippen LogP) is 1.76. The number of ether oxygens (including phenoxy) is 4. The van der Waals surface area contributed by atoms with Gasteiger partial charge >= 0.3 is 17.9 Å². The Kier molecular flexibility index (Phi) is 4.20. The van der Waals surface area contributed by atoms with Crippen LogP contribution in [0.25, 0.3) is 0 Å². The summed E-state index contributed by atoms with van der Waals surface area (Å²) in [7, 11) is 0. The molecule has 0 aromatic heterocycles. The number of epoxide rings is 1. The minimum atomic E-state index is -1.41. The van der Waals surface area contributed by atoms with Gasteiger partial charge in [-0.25, -0.2) is 14.4 Å². The molecule has 1 spiro atoms. The summed E-state index contributed by atoms with van der Waals surface area (Å²) in [5.74, 6) is -2.36. The smallest absolute Gasteiger partial charge is 0.340 e. The molecule has 9 atom stereocenters. The second-order valence-corrected chi connectivity index (χ2v) is 12.1. The Morgan fingerprint density at radius 1 is 0.971 bits per heavy atom. The van der Waals surface area contributed by atoms with E-state index >= 15 is 0 Å². The van der Waals surface area contributed by atoms with Crippen LogP contribution in [0.5, 0.6) is 0 Å². The fraction of sp³-hybridized carbons (Fsp3) is 0.692. The minimum Gasteiger partial charge on any atom is -0.456 e. The molecule has 4 heterocycles. The van der Waals surface area contributed by atoms with Crippen molar-refractivity contribution in [3.63, 3.8) is 0 Å². The summed E-state index contributed by atoms with van der Waals surface area (Å²) >= 11 is 0. The van der Waals surface area contributed by atoms with Gasteiger partial charge in [-0.2, -0.15) is 0 Å². The van der Waals surface area contributed by atoms with Crippen LogP contribution >= 0.6 is 0 Å². The lowest BCUT2D eigenvalue weighted by atomic mass is 9.37. The number of cyclic esters (lactones) is 3. The summed E-state index contributed by atoms with van der Waals surface area (Å²) < 4.78 is 22.6. The van der Waals surface area contributed by atoms with Gasteiger partial charge in [0, 0.05) is 23.8 Å². The zero-order valence-electron chi connectivity index (χ0n) is 20.5. The molecule has 0 amide bonds. The van der Waals surface area contributed by atoms with Crippen molar-refractivity contribution in [2.24, 2.45) is 28.1 Å². The molecule has 0 aromatic rings. The number of hydrogen-bond donors (Lipinski definition) is 1. The van der Waals surface area contributed by atoms with Gasteiger partial charge in [0.2, 0.25) is 6.29 Å². The van der Waals surface area contributed by atoms with Gasteiger partial charge in [-0.05, 0) is 51.0 Å². The molecule has 6 aliphatic rings. The highest BCUT2D eigenvalue weighted by Gasteiger charge is 2.88. The number of hydrogen-bond acceptors (Lipinski definition) is 9. The molecule has 0 bridgehead atoms. The molecule has 35 heavy (non-hydrogen) atoms. The van der Waals surface area contributed by atoms with Crippen molar-refractivity contribution in [3.05, 3.63) is 23.8 Å². The normalized spacial score (nSPS) is 51.5. The molecule has 4 aliphatic heterocycles. The Bertz CT molecular complexity index is 1150. The molecule has 0 radical (unpaired) electrons. The average molecular weight is 487 g/mol. The van der Waals surface area contributed by atoms with E-state index in [0.717, 1.165) is 0 Å². The zero-order valence-corrected chi connectivity index (χ0v) is 20.5. The van der Waals surface area contributed by atoms with Gasteiger partial charge in [-0.1, -0.05) is 19.9 Å². The number of ketones is 1. The maximum Gasteiger partial charge on any atom is 0.340 e. The largest absolute Gasteiger partial charge is 0.456 e. The van der Waals surface area contributed by atoms with Crippen LogP contribution in [0.3, 0.4) is 0 Å². The third kappa shape index (κ3) is 2.46. The van der Waals surface area contributed by atoms with Crippen molar-refractivity contribution < 1.29 is 43.2 Å². The molecule has 0 aromatic carbocycles. The fourth-order valence-corrected chi connectivity index (χ4v) is 8.67. The van der Waals surface area contributed by atoms with E-state index in [9.17, 15) is 24.3 Å². The van der Waals surface area contributed by atoms with Gasteiger partial charge in [0.1, 0.15) is 23.1 Å². The predicted molar refractivity (Wildman–Crippen MR) is 117 cm³/mol. The van der Waals surface area contributed by atoms with E-state index < -0.39 is 63.9 Å². The number of aliphatic hydroxyl groups excluding tert-OH is 1. The monoisotopic (exact) mass is 486 g/mol. The molecular formula is C26H30O9. The minimum absolute atomic E-state index is 0.0470. The lowest BCUT2D eigenvalue weighted by Crippen LogP contribution is -2.72. The van der Waals surface area contributed by atoms with Gasteiger partial charge in [0.05, 0.1) is 11.0 Å². The molecule has 2 aliphatic carbocycles. The van der Waals surface area contributed by atoms with Gasteiger partial charge in [0.25, 0.3) is 0 Å². The summed E-state index contributed by atoms with van der Waals surface area (Å²) in [6.45, 7) is 9.52. The summed E-state index contributed by atoms with van der Waals surface area (Å²) in [5, 5.41) is 9.87. The summed E-state index contributed by atoms with van der Waals surface area (Å²) in [6.07, 6.45) is 2.48. The van der Waals surface area contributed by atoms with E-state index in [0.29, 0.717) is 12.8 Å². The lowest BCUT2D eigenvalue weighted by Gasteiger charge is -2.64. The van der Waals surface area contributed by atoms with Gasteiger partial charge in [0.15, 0.2) is 6.10 Å². The summed E-state index contributed by atoms with van der Waals surface area (Å²) in [6, 6.07) is 0. The van der Waals surface area contributed by atoms with Crippen LogP contribution in [0.1, 0.15) is 53.9 Å². The number of aliphatic hydroxyl groups is 1. The molecule has 9 nitrogen and oxygen atoms in total. The first-order chi connectivity index (χ1) is 16.2. The number of rotatable bonds is 1. The molecule has 9 heteroatoms. The number of esters is 3. The quantitative estimate of drug-likeness (QED) is 0.335. The van der Waals surface area contributed by atoms with Crippen LogP contribution in [-0.4, -0.2) is 58.5 Å². The number of Topliss-reactive ketones (excluding diaryl/α,β-unsaturated/α-hetero) is 1. The second-order valence-electron chi connectivity index (χ2n) is 12.1. The molecule has 0 unspecified atom stereocenters. The van der Waals surface area contributed by atoms with Crippen LogP contribution in [0.4, 0.5) is 0 Å². The molecule has 6 rings (SSSR count). The average Bonchev–Trinajstić information content (AvgIpc) is 3.47. The number of carbonyl (C=O) groups is 4. The summed E-state index contributed by atoms with van der Waals surface area (Å²) in [5.41, 5.74) is -4.53. The highest BCUT2D eigenvalue weighted by atomic mass is 16.7. The zero-order chi connectivity index (χ0) is 25.3. The molecule has 188 valence electrons. The van der Waals surface area contributed by atoms with Gasteiger partial charge < -0.3 is 24.1 Å². The Morgan fingerprint density at radius 2 is 1.69 bits per heavy atom. The van der Waals surface area contributed by atoms with Crippen LogP contribution < -0.4 is 0 Å². The van der Waals surface area contributed by atoms with Crippen molar-refractivity contribution in [2.75, 3.05) is 0 Å². The van der Waals surface area contributed by atoms with Crippen molar-refractivity contribution in [2.45, 2.75) is 83.6 Å². The van der Waals surface area contributed by atoms with E-state index in [1.54, 1.807) is 0 Å². The Morgan fingerprint density at radius 3 is 2.34 bits per heavy atom. The second kappa shape index (κ2) is 6.42. The SMILES string of the molecule is CC1(C)OC(=O)C=C[C@@]2(C)[C@@H]1CC(=O)[C@]1(C)[C@@H]2CC[C@@]2(C)[C@H](C3=C[C@@H](O)OC3=O)OC(=O)[C@@H]3O[C@]321. The summed E-state index contributed by atoms with van der Waals surface area (Å²) in [4.78, 5) is 52.2. The lowest BCUT2D eigenvalue weighted by molar-refractivity contribution is -0.211. The number of carbonyl (C=O) groups excluding carboxylic acids is 4. The molecule has 1 N–H and O–H groups in total. The van der Waals surface area contributed by atoms with E-state index in [1.165, 1.54) is 12.2 Å². The first kappa shape index (κ1) is 22.9. The van der Waals surface area contributed by atoms with Gasteiger partial charge in [-0.15, -0.1) is 0 Å². The first-order valence-corrected chi connectivity index (χ1v) is 12.2. The van der Waals surface area contributed by atoms with Crippen molar-refractivity contribution in [3.8, 4) is 0 Å². The van der Waals surface area contributed by atoms with Crippen molar-refractivity contribution in [1.82, 2.24) is 0 Å². The third-order valence-electron chi connectivity index (χ3n) is 10.2. The Labute approximate surface area is 202 Å². The first-order valence-electron chi connectivity index (χ1n) is 12.2. The molecule has 2 saturated carbocycles. The third-order valence-corrected chi connectivity index (χ3v) is 10.2. The van der Waals surface area contributed by atoms with Gasteiger partial charge in [-0.3, -0.25) is 4.79 Å².